The highest BCUT2D eigenvalue weighted by atomic mass is 35.5. The lowest BCUT2D eigenvalue weighted by atomic mass is 10.00. The zero-order valence-corrected chi connectivity index (χ0v) is 13.2. The third-order valence-corrected chi connectivity index (χ3v) is 4.28. The van der Waals surface area contributed by atoms with E-state index < -0.39 is 5.82 Å². The molecule has 1 aliphatic rings. The quantitative estimate of drug-likeness (QED) is 0.901. The summed E-state index contributed by atoms with van der Waals surface area (Å²) >= 11 is 5.74. The van der Waals surface area contributed by atoms with Crippen molar-refractivity contribution in [2.24, 2.45) is 0 Å². The van der Waals surface area contributed by atoms with Gasteiger partial charge in [0.2, 0.25) is 5.91 Å². The number of hydrogen-bond acceptors (Lipinski definition) is 5. The van der Waals surface area contributed by atoms with Gasteiger partial charge in [0.1, 0.15) is 18.7 Å². The molecule has 7 nitrogen and oxygen atoms in total. The van der Waals surface area contributed by atoms with Crippen LogP contribution >= 0.6 is 11.6 Å². The standard InChI is InChI=1S/C14H16ClFN6O/c1-21-5-4-12(18-13(23)7-22-8-17-19-20-22)14(21)9-2-3-10(15)11(16)6-9/h2-3,6,8,12,14H,4-5,7H2,1H3,(H,18,23)/t12-,14-/m1/s1. The van der Waals surface area contributed by atoms with E-state index in [9.17, 15) is 9.18 Å². The minimum atomic E-state index is -0.455. The van der Waals surface area contributed by atoms with Crippen LogP contribution in [0.3, 0.4) is 0 Å². The zero-order chi connectivity index (χ0) is 16.4. The van der Waals surface area contributed by atoms with E-state index in [0.717, 1.165) is 18.5 Å². The Hall–Kier alpha value is -2.06. The Labute approximate surface area is 137 Å². The SMILES string of the molecule is CN1CC[C@@H](NC(=O)Cn2cnnn2)[C@H]1c1ccc(Cl)c(F)c1. The van der Waals surface area contributed by atoms with Gasteiger partial charge in [0.05, 0.1) is 11.1 Å². The maximum Gasteiger partial charge on any atom is 0.242 e. The number of carbonyl (C=O) groups is 1. The van der Waals surface area contributed by atoms with Crippen LogP contribution in [0.5, 0.6) is 0 Å². The van der Waals surface area contributed by atoms with Crippen molar-refractivity contribution in [2.75, 3.05) is 13.6 Å². The molecular weight excluding hydrogens is 323 g/mol. The van der Waals surface area contributed by atoms with Crippen molar-refractivity contribution >= 4 is 17.5 Å². The topological polar surface area (TPSA) is 75.9 Å². The zero-order valence-electron chi connectivity index (χ0n) is 12.5. The Kier molecular flexibility index (Phi) is 4.53. The Morgan fingerprint density at radius 3 is 3.04 bits per heavy atom. The normalized spacial score (nSPS) is 21.5. The predicted octanol–water partition coefficient (Wildman–Crippen LogP) is 1.03. The summed E-state index contributed by atoms with van der Waals surface area (Å²) in [5.41, 5.74) is 0.791. The first-order valence-corrected chi connectivity index (χ1v) is 7.57. The lowest BCUT2D eigenvalue weighted by Gasteiger charge is -2.26. The van der Waals surface area contributed by atoms with Crippen LogP contribution in [-0.2, 0) is 11.3 Å². The summed E-state index contributed by atoms with van der Waals surface area (Å²) in [6.45, 7) is 0.861. The van der Waals surface area contributed by atoms with Crippen molar-refractivity contribution in [1.82, 2.24) is 30.4 Å². The van der Waals surface area contributed by atoms with Crippen LogP contribution in [0.1, 0.15) is 18.0 Å². The van der Waals surface area contributed by atoms with E-state index in [1.54, 1.807) is 12.1 Å². The summed E-state index contributed by atoms with van der Waals surface area (Å²) < 4.78 is 15.1. The minimum Gasteiger partial charge on any atom is -0.350 e. The maximum atomic E-state index is 13.7. The van der Waals surface area contributed by atoms with Crippen LogP contribution in [0.15, 0.2) is 24.5 Å². The molecule has 23 heavy (non-hydrogen) atoms. The van der Waals surface area contributed by atoms with Gasteiger partial charge in [-0.2, -0.15) is 0 Å². The first-order chi connectivity index (χ1) is 11.0. The predicted molar refractivity (Wildman–Crippen MR) is 81.1 cm³/mol. The van der Waals surface area contributed by atoms with Crippen molar-refractivity contribution in [3.05, 3.63) is 40.9 Å². The van der Waals surface area contributed by atoms with Gasteiger partial charge in [0.15, 0.2) is 0 Å². The van der Waals surface area contributed by atoms with Gasteiger partial charge in [-0.25, -0.2) is 9.07 Å². The van der Waals surface area contributed by atoms with Gasteiger partial charge in [-0.05, 0) is 41.6 Å². The number of rotatable bonds is 4. The smallest absolute Gasteiger partial charge is 0.242 e. The number of carbonyl (C=O) groups excluding carboxylic acids is 1. The summed E-state index contributed by atoms with van der Waals surface area (Å²) in [7, 11) is 1.95. The third kappa shape index (κ3) is 3.48. The largest absolute Gasteiger partial charge is 0.350 e. The summed E-state index contributed by atoms with van der Waals surface area (Å²) in [4.78, 5) is 14.2. The van der Waals surface area contributed by atoms with Gasteiger partial charge in [-0.3, -0.25) is 9.69 Å². The van der Waals surface area contributed by atoms with E-state index in [2.05, 4.69) is 25.7 Å². The second-order valence-electron chi connectivity index (χ2n) is 5.57. The number of nitrogens with one attached hydrogen (secondary N) is 1. The molecule has 0 bridgehead atoms. The van der Waals surface area contributed by atoms with Crippen LogP contribution < -0.4 is 5.32 Å². The molecule has 3 rings (SSSR count). The molecule has 9 heteroatoms. The number of amides is 1. The lowest BCUT2D eigenvalue weighted by Crippen LogP contribution is -2.40. The monoisotopic (exact) mass is 338 g/mol. The number of likely N-dealkylation sites (tertiary alicyclic amines) is 1. The highest BCUT2D eigenvalue weighted by molar-refractivity contribution is 6.30. The van der Waals surface area contributed by atoms with E-state index in [1.165, 1.54) is 17.1 Å². The van der Waals surface area contributed by atoms with Gasteiger partial charge in [0.25, 0.3) is 0 Å². The van der Waals surface area contributed by atoms with E-state index in [0.29, 0.717) is 0 Å². The average molecular weight is 339 g/mol. The van der Waals surface area contributed by atoms with Gasteiger partial charge in [-0.1, -0.05) is 17.7 Å². The van der Waals surface area contributed by atoms with Crippen molar-refractivity contribution in [3.63, 3.8) is 0 Å². The van der Waals surface area contributed by atoms with E-state index in [-0.39, 0.29) is 29.6 Å². The molecule has 0 aliphatic carbocycles. The highest BCUT2D eigenvalue weighted by Crippen LogP contribution is 2.32. The molecule has 1 fully saturated rings. The number of aromatic nitrogens is 4. The molecule has 0 radical (unpaired) electrons. The van der Waals surface area contributed by atoms with Crippen LogP contribution in [0, 0.1) is 5.82 Å². The Bertz CT molecular complexity index is 695. The van der Waals surface area contributed by atoms with E-state index in [1.807, 2.05) is 7.05 Å². The van der Waals surface area contributed by atoms with Crippen molar-refractivity contribution in [3.8, 4) is 0 Å². The first kappa shape index (κ1) is 15.8. The summed E-state index contributed by atoms with van der Waals surface area (Å²) in [5, 5.41) is 13.7. The first-order valence-electron chi connectivity index (χ1n) is 7.20. The highest BCUT2D eigenvalue weighted by Gasteiger charge is 2.34. The number of tetrazole rings is 1. The van der Waals surface area contributed by atoms with Crippen LogP contribution in [0.4, 0.5) is 4.39 Å². The molecular formula is C14H16ClFN6O. The van der Waals surface area contributed by atoms with Gasteiger partial charge in [0, 0.05) is 12.6 Å². The van der Waals surface area contributed by atoms with Crippen LogP contribution in [-0.4, -0.2) is 50.6 Å². The van der Waals surface area contributed by atoms with Crippen LogP contribution in [0.25, 0.3) is 0 Å². The maximum absolute atomic E-state index is 13.7. The molecule has 1 saturated heterocycles. The van der Waals surface area contributed by atoms with Crippen LogP contribution in [0.2, 0.25) is 5.02 Å². The molecule has 0 unspecified atom stereocenters. The fourth-order valence-electron chi connectivity index (χ4n) is 2.93. The molecule has 1 amide bonds. The molecule has 1 aromatic heterocycles. The van der Waals surface area contributed by atoms with Crippen molar-refractivity contribution < 1.29 is 9.18 Å². The number of likely N-dealkylation sites (N-methyl/N-ethyl adjacent to an activating group) is 1. The number of halogens is 2. The molecule has 1 aromatic carbocycles. The fourth-order valence-corrected chi connectivity index (χ4v) is 3.05. The second-order valence-corrected chi connectivity index (χ2v) is 5.98. The number of nitrogens with zero attached hydrogens (tertiary/aromatic N) is 5. The third-order valence-electron chi connectivity index (χ3n) is 3.98. The minimum absolute atomic E-state index is 0.0505. The molecule has 1 N–H and O–H groups in total. The molecule has 0 saturated carbocycles. The van der Waals surface area contributed by atoms with Gasteiger partial charge >= 0.3 is 0 Å². The Balaban J connectivity index is 1.73. The molecule has 2 aromatic rings. The fraction of sp³-hybridized carbons (Fsp3) is 0.429. The van der Waals surface area contributed by atoms with Crippen molar-refractivity contribution in [1.29, 1.82) is 0 Å². The summed E-state index contributed by atoms with van der Waals surface area (Å²) in [6, 6.07) is 4.55. The molecule has 122 valence electrons. The Morgan fingerprint density at radius 2 is 2.35 bits per heavy atom. The molecule has 2 heterocycles. The lowest BCUT2D eigenvalue weighted by molar-refractivity contribution is -0.122. The van der Waals surface area contributed by atoms with Gasteiger partial charge in [-0.15, -0.1) is 5.10 Å². The van der Waals surface area contributed by atoms with Crippen molar-refractivity contribution in [2.45, 2.75) is 25.0 Å². The Morgan fingerprint density at radius 1 is 1.52 bits per heavy atom. The molecule has 0 spiro atoms. The number of hydrogen-bond donors (Lipinski definition) is 1. The molecule has 1 aliphatic heterocycles. The number of benzene rings is 1. The summed E-state index contributed by atoms with van der Waals surface area (Å²) in [5.74, 6) is -0.639. The van der Waals surface area contributed by atoms with E-state index in [4.69, 9.17) is 11.6 Å². The van der Waals surface area contributed by atoms with E-state index >= 15 is 0 Å². The van der Waals surface area contributed by atoms with Gasteiger partial charge < -0.3 is 5.32 Å². The molecule has 2 atom stereocenters. The average Bonchev–Trinajstić information content (AvgIpc) is 3.12. The summed E-state index contributed by atoms with van der Waals surface area (Å²) in [6.07, 6.45) is 2.17. The second kappa shape index (κ2) is 6.59.